The lowest BCUT2D eigenvalue weighted by molar-refractivity contribution is -0.124. The van der Waals surface area contributed by atoms with Gasteiger partial charge in [0.2, 0.25) is 0 Å². The first kappa shape index (κ1) is 14.7. The molecule has 110 valence electrons. The van der Waals surface area contributed by atoms with E-state index in [1.54, 1.807) is 12.1 Å². The lowest BCUT2D eigenvalue weighted by Crippen LogP contribution is -2.43. The third kappa shape index (κ3) is 3.89. The average Bonchev–Trinajstić information content (AvgIpc) is 2.40. The normalized spacial score (nSPS) is 22.3. The van der Waals surface area contributed by atoms with Gasteiger partial charge in [0.15, 0.2) is 6.61 Å². The molecule has 2 unspecified atom stereocenters. The highest BCUT2D eigenvalue weighted by Gasteiger charge is 2.22. The predicted molar refractivity (Wildman–Crippen MR) is 80.6 cm³/mol. The molecule has 0 heterocycles. The number of nitrogens with two attached hydrogens (primary N) is 1. The van der Waals surface area contributed by atoms with Crippen LogP contribution in [0.2, 0.25) is 0 Å². The number of carbonyl (C=O) groups is 1. The maximum Gasteiger partial charge on any atom is 0.258 e. The number of benzene rings is 1. The molecule has 4 nitrogen and oxygen atoms in total. The number of hydrogen-bond acceptors (Lipinski definition) is 3. The smallest absolute Gasteiger partial charge is 0.258 e. The molecule has 1 saturated carbocycles. The highest BCUT2D eigenvalue weighted by Crippen LogP contribution is 2.24. The van der Waals surface area contributed by atoms with Gasteiger partial charge < -0.3 is 15.8 Å². The van der Waals surface area contributed by atoms with E-state index in [0.29, 0.717) is 23.4 Å². The molecule has 0 aromatic heterocycles. The molecular formula is C16H24N2O2. The first-order valence-electron chi connectivity index (χ1n) is 7.34. The fourth-order valence-electron chi connectivity index (χ4n) is 2.76. The molecular weight excluding hydrogens is 252 g/mol. The Morgan fingerprint density at radius 1 is 1.40 bits per heavy atom. The van der Waals surface area contributed by atoms with Crippen LogP contribution in [-0.2, 0) is 4.79 Å². The van der Waals surface area contributed by atoms with Crippen molar-refractivity contribution in [3.05, 3.63) is 23.8 Å². The van der Waals surface area contributed by atoms with Gasteiger partial charge in [0.05, 0.1) is 0 Å². The van der Waals surface area contributed by atoms with Crippen LogP contribution < -0.4 is 15.8 Å². The van der Waals surface area contributed by atoms with E-state index in [9.17, 15) is 4.79 Å². The number of aryl methyl sites for hydroxylation is 1. The molecule has 4 heteroatoms. The lowest BCUT2D eigenvalue weighted by atomic mass is 9.86. The Labute approximate surface area is 120 Å². The minimum Gasteiger partial charge on any atom is -0.484 e. The maximum atomic E-state index is 11.9. The summed E-state index contributed by atoms with van der Waals surface area (Å²) in [6, 6.07) is 5.73. The van der Waals surface area contributed by atoms with Gasteiger partial charge in [-0.05, 0) is 49.4 Å². The van der Waals surface area contributed by atoms with Gasteiger partial charge in [-0.1, -0.05) is 19.8 Å². The summed E-state index contributed by atoms with van der Waals surface area (Å²) in [7, 11) is 0. The topological polar surface area (TPSA) is 64.3 Å². The molecule has 20 heavy (non-hydrogen) atoms. The molecule has 1 aliphatic rings. The summed E-state index contributed by atoms with van der Waals surface area (Å²) >= 11 is 0. The Morgan fingerprint density at radius 3 is 2.85 bits per heavy atom. The van der Waals surface area contributed by atoms with Crippen LogP contribution in [0, 0.1) is 12.8 Å². The Morgan fingerprint density at radius 2 is 2.15 bits per heavy atom. The molecule has 0 spiro atoms. The van der Waals surface area contributed by atoms with E-state index >= 15 is 0 Å². The first-order chi connectivity index (χ1) is 9.56. The van der Waals surface area contributed by atoms with E-state index in [0.717, 1.165) is 12.0 Å². The van der Waals surface area contributed by atoms with Crippen molar-refractivity contribution in [1.29, 1.82) is 0 Å². The third-order valence-corrected chi connectivity index (χ3v) is 4.02. The molecule has 1 fully saturated rings. The monoisotopic (exact) mass is 276 g/mol. The molecule has 3 N–H and O–H groups in total. The Balaban J connectivity index is 1.82. The Hall–Kier alpha value is -1.71. The van der Waals surface area contributed by atoms with Crippen molar-refractivity contribution in [2.24, 2.45) is 5.92 Å². The predicted octanol–water partition coefficient (Wildman–Crippen LogP) is 2.65. The van der Waals surface area contributed by atoms with Gasteiger partial charge in [0.1, 0.15) is 5.75 Å². The summed E-state index contributed by atoms with van der Waals surface area (Å²) in [5.41, 5.74) is 7.34. The molecule has 2 rings (SSSR count). The maximum absolute atomic E-state index is 11.9. The standard InChI is InChI=1S/C16H24N2O2/c1-11-5-3-4-6-14(11)18-16(19)10-20-15-8-7-13(17)9-12(15)2/h7-9,11,14H,3-6,10,17H2,1-2H3,(H,18,19). The first-order valence-corrected chi connectivity index (χ1v) is 7.34. The molecule has 2 atom stereocenters. The number of rotatable bonds is 4. The van der Waals surface area contributed by atoms with Crippen molar-refractivity contribution in [2.75, 3.05) is 12.3 Å². The largest absolute Gasteiger partial charge is 0.484 e. The number of nitrogen functional groups attached to an aromatic ring is 1. The van der Waals surface area contributed by atoms with Gasteiger partial charge in [-0.2, -0.15) is 0 Å². The van der Waals surface area contributed by atoms with Gasteiger partial charge in [0.25, 0.3) is 5.91 Å². The highest BCUT2D eigenvalue weighted by atomic mass is 16.5. The van der Waals surface area contributed by atoms with Crippen LogP contribution >= 0.6 is 0 Å². The number of amides is 1. The number of anilines is 1. The van der Waals surface area contributed by atoms with Crippen molar-refractivity contribution >= 4 is 11.6 Å². The zero-order valence-corrected chi connectivity index (χ0v) is 12.3. The quantitative estimate of drug-likeness (QED) is 0.831. The van der Waals surface area contributed by atoms with E-state index in [1.165, 1.54) is 19.3 Å². The number of nitrogens with one attached hydrogen (secondary N) is 1. The van der Waals surface area contributed by atoms with E-state index < -0.39 is 0 Å². The number of ether oxygens (including phenoxy) is 1. The average molecular weight is 276 g/mol. The molecule has 0 bridgehead atoms. The van der Waals surface area contributed by atoms with Gasteiger partial charge in [-0.15, -0.1) is 0 Å². The summed E-state index contributed by atoms with van der Waals surface area (Å²) in [5, 5.41) is 3.08. The molecule has 1 aliphatic carbocycles. The van der Waals surface area contributed by atoms with Crippen molar-refractivity contribution in [3.8, 4) is 5.75 Å². The summed E-state index contributed by atoms with van der Waals surface area (Å²) in [6.07, 6.45) is 4.75. The van der Waals surface area contributed by atoms with Crippen LogP contribution in [-0.4, -0.2) is 18.6 Å². The van der Waals surface area contributed by atoms with E-state index in [-0.39, 0.29) is 12.5 Å². The van der Waals surface area contributed by atoms with Crippen LogP contribution in [0.15, 0.2) is 18.2 Å². The molecule has 0 saturated heterocycles. The number of hydrogen-bond donors (Lipinski definition) is 2. The van der Waals surface area contributed by atoms with Crippen LogP contribution in [0.4, 0.5) is 5.69 Å². The Bertz CT molecular complexity index is 474. The fraction of sp³-hybridized carbons (Fsp3) is 0.562. The summed E-state index contributed by atoms with van der Waals surface area (Å²) in [5.74, 6) is 1.23. The fourth-order valence-corrected chi connectivity index (χ4v) is 2.76. The van der Waals surface area contributed by atoms with Crippen LogP contribution in [0.1, 0.15) is 38.2 Å². The second kappa shape index (κ2) is 6.64. The van der Waals surface area contributed by atoms with Crippen molar-refractivity contribution < 1.29 is 9.53 Å². The van der Waals surface area contributed by atoms with Crippen molar-refractivity contribution in [1.82, 2.24) is 5.32 Å². The van der Waals surface area contributed by atoms with Crippen LogP contribution in [0.3, 0.4) is 0 Å². The van der Waals surface area contributed by atoms with Crippen LogP contribution in [0.25, 0.3) is 0 Å². The van der Waals surface area contributed by atoms with Gasteiger partial charge in [-0.3, -0.25) is 4.79 Å². The summed E-state index contributed by atoms with van der Waals surface area (Å²) < 4.78 is 5.56. The van der Waals surface area contributed by atoms with Gasteiger partial charge in [0, 0.05) is 11.7 Å². The summed E-state index contributed by atoms with van der Waals surface area (Å²) in [6.45, 7) is 4.19. The number of carbonyl (C=O) groups excluding carboxylic acids is 1. The van der Waals surface area contributed by atoms with E-state index in [4.69, 9.17) is 10.5 Å². The zero-order valence-electron chi connectivity index (χ0n) is 12.3. The van der Waals surface area contributed by atoms with Crippen molar-refractivity contribution in [3.63, 3.8) is 0 Å². The zero-order chi connectivity index (χ0) is 14.5. The molecule has 0 radical (unpaired) electrons. The lowest BCUT2D eigenvalue weighted by Gasteiger charge is -2.29. The molecule has 0 aliphatic heterocycles. The van der Waals surface area contributed by atoms with Gasteiger partial charge in [-0.25, -0.2) is 0 Å². The second-order valence-corrected chi connectivity index (χ2v) is 5.75. The van der Waals surface area contributed by atoms with Crippen LogP contribution in [0.5, 0.6) is 5.75 Å². The highest BCUT2D eigenvalue weighted by molar-refractivity contribution is 5.78. The summed E-state index contributed by atoms with van der Waals surface area (Å²) in [4.78, 5) is 11.9. The van der Waals surface area contributed by atoms with Crippen molar-refractivity contribution in [2.45, 2.75) is 45.6 Å². The molecule has 1 aromatic carbocycles. The minimum absolute atomic E-state index is 0.0417. The van der Waals surface area contributed by atoms with Gasteiger partial charge >= 0.3 is 0 Å². The molecule has 1 amide bonds. The van der Waals surface area contributed by atoms with E-state index in [1.807, 2.05) is 13.0 Å². The third-order valence-electron chi connectivity index (χ3n) is 4.02. The Kier molecular flexibility index (Phi) is 4.88. The van der Waals surface area contributed by atoms with E-state index in [2.05, 4.69) is 12.2 Å². The molecule has 1 aromatic rings. The second-order valence-electron chi connectivity index (χ2n) is 5.75. The minimum atomic E-state index is -0.0417. The SMILES string of the molecule is Cc1cc(N)ccc1OCC(=O)NC1CCCCC1C.